The minimum Gasteiger partial charge on any atom is -0.306 e. The maximum Gasteiger partial charge on any atom is 0.280 e. The van der Waals surface area contributed by atoms with Crippen molar-refractivity contribution in [2.45, 2.75) is 6.42 Å². The van der Waals surface area contributed by atoms with Crippen molar-refractivity contribution in [3.05, 3.63) is 40.7 Å². The van der Waals surface area contributed by atoms with Crippen LogP contribution in [0.4, 0.5) is 5.69 Å². The maximum absolute atomic E-state index is 12.1. The molecule has 6 heteroatoms. The molecule has 0 saturated carbocycles. The zero-order valence-electron chi connectivity index (χ0n) is 8.85. The second kappa shape index (κ2) is 3.85. The summed E-state index contributed by atoms with van der Waals surface area (Å²) in [5.74, 6) is -0.139. The van der Waals surface area contributed by atoms with Gasteiger partial charge in [-0.05, 0) is 30.2 Å². The summed E-state index contributed by atoms with van der Waals surface area (Å²) in [4.78, 5) is 13.8. The van der Waals surface area contributed by atoms with Gasteiger partial charge in [-0.15, -0.1) is 5.10 Å². The first-order valence-electron chi connectivity index (χ1n) is 5.22. The van der Waals surface area contributed by atoms with E-state index >= 15 is 0 Å². The third kappa shape index (κ3) is 1.68. The second-order valence-corrected chi connectivity index (χ2v) is 4.27. The van der Waals surface area contributed by atoms with Crippen LogP contribution in [0.1, 0.15) is 16.1 Å². The summed E-state index contributed by atoms with van der Waals surface area (Å²) in [7, 11) is 0. The van der Waals surface area contributed by atoms with Crippen LogP contribution in [0.15, 0.2) is 24.4 Å². The fourth-order valence-electron chi connectivity index (χ4n) is 2.03. The van der Waals surface area contributed by atoms with E-state index in [0.29, 0.717) is 17.3 Å². The quantitative estimate of drug-likeness (QED) is 0.835. The number of hydrogen-bond acceptors (Lipinski definition) is 3. The molecule has 0 aliphatic carbocycles. The van der Waals surface area contributed by atoms with E-state index in [2.05, 4.69) is 15.4 Å². The van der Waals surface area contributed by atoms with Crippen LogP contribution < -0.4 is 4.90 Å². The van der Waals surface area contributed by atoms with Crippen molar-refractivity contribution in [3.8, 4) is 0 Å². The number of hydrogen-bond donors (Lipinski definition) is 1. The van der Waals surface area contributed by atoms with E-state index in [9.17, 15) is 4.79 Å². The van der Waals surface area contributed by atoms with E-state index < -0.39 is 0 Å². The number of rotatable bonds is 1. The van der Waals surface area contributed by atoms with Gasteiger partial charge in [0.1, 0.15) is 0 Å². The molecule has 86 valence electrons. The predicted molar refractivity (Wildman–Crippen MR) is 63.2 cm³/mol. The van der Waals surface area contributed by atoms with Gasteiger partial charge in [-0.2, -0.15) is 0 Å². The van der Waals surface area contributed by atoms with E-state index in [-0.39, 0.29) is 5.91 Å². The number of benzene rings is 1. The van der Waals surface area contributed by atoms with Crippen LogP contribution in [0, 0.1) is 0 Å². The van der Waals surface area contributed by atoms with E-state index in [0.717, 1.165) is 17.7 Å². The van der Waals surface area contributed by atoms with Crippen LogP contribution in [0.25, 0.3) is 0 Å². The standard InChI is InChI=1S/C11H9ClN4O/c12-8-1-2-10-7(5-8)3-4-16(10)11(17)9-6-13-15-14-9/h1-2,5-6H,3-4H2,(H,13,14,15). The molecule has 1 amide bonds. The summed E-state index contributed by atoms with van der Waals surface area (Å²) in [5.41, 5.74) is 2.32. The number of nitrogens with zero attached hydrogens (tertiary/aromatic N) is 3. The highest BCUT2D eigenvalue weighted by Gasteiger charge is 2.26. The number of carbonyl (C=O) groups is 1. The fourth-order valence-corrected chi connectivity index (χ4v) is 2.22. The number of fused-ring (bicyclic) bond motifs is 1. The molecule has 2 aromatic rings. The molecule has 0 bridgehead atoms. The number of carbonyl (C=O) groups excluding carboxylic acids is 1. The van der Waals surface area contributed by atoms with Gasteiger partial charge >= 0.3 is 0 Å². The lowest BCUT2D eigenvalue weighted by Crippen LogP contribution is -2.29. The summed E-state index contributed by atoms with van der Waals surface area (Å²) < 4.78 is 0. The monoisotopic (exact) mass is 248 g/mol. The first-order chi connectivity index (χ1) is 8.25. The Bertz CT molecular complexity index is 567. The van der Waals surface area contributed by atoms with Gasteiger partial charge in [-0.3, -0.25) is 9.89 Å². The average Bonchev–Trinajstić information content (AvgIpc) is 2.96. The van der Waals surface area contributed by atoms with Crippen LogP contribution in [-0.2, 0) is 6.42 Å². The van der Waals surface area contributed by atoms with Gasteiger partial charge in [0.05, 0.1) is 6.20 Å². The highest BCUT2D eigenvalue weighted by Crippen LogP contribution is 2.31. The summed E-state index contributed by atoms with van der Waals surface area (Å²) >= 11 is 5.92. The van der Waals surface area contributed by atoms with Gasteiger partial charge < -0.3 is 4.90 Å². The lowest BCUT2D eigenvalue weighted by atomic mass is 10.2. The Kier molecular flexibility index (Phi) is 2.33. The van der Waals surface area contributed by atoms with Crippen molar-refractivity contribution in [1.29, 1.82) is 0 Å². The summed E-state index contributed by atoms with van der Waals surface area (Å²) in [6, 6.07) is 5.55. The molecule has 17 heavy (non-hydrogen) atoms. The SMILES string of the molecule is O=C(c1c[nH]nn1)N1CCc2cc(Cl)ccc21. The molecule has 0 spiro atoms. The first kappa shape index (κ1) is 10.3. The molecular weight excluding hydrogens is 240 g/mol. The van der Waals surface area contributed by atoms with E-state index in [1.807, 2.05) is 12.1 Å². The third-order valence-corrected chi connectivity index (χ3v) is 3.05. The van der Waals surface area contributed by atoms with Gasteiger partial charge in [0, 0.05) is 17.3 Å². The third-order valence-electron chi connectivity index (χ3n) is 2.82. The summed E-state index contributed by atoms with van der Waals surface area (Å²) in [5, 5.41) is 10.5. The number of amides is 1. The van der Waals surface area contributed by atoms with Crippen LogP contribution in [0.3, 0.4) is 0 Å². The molecule has 2 heterocycles. The first-order valence-corrected chi connectivity index (χ1v) is 5.60. The van der Waals surface area contributed by atoms with E-state index in [1.54, 1.807) is 11.0 Å². The van der Waals surface area contributed by atoms with Crippen LogP contribution in [-0.4, -0.2) is 27.9 Å². The molecule has 0 unspecified atom stereocenters. The van der Waals surface area contributed by atoms with Crippen molar-refractivity contribution in [2.24, 2.45) is 0 Å². The number of nitrogens with one attached hydrogen (secondary N) is 1. The topological polar surface area (TPSA) is 61.9 Å². The Morgan fingerprint density at radius 1 is 1.47 bits per heavy atom. The highest BCUT2D eigenvalue weighted by atomic mass is 35.5. The van der Waals surface area contributed by atoms with Crippen LogP contribution in [0.2, 0.25) is 5.02 Å². The number of halogens is 1. The lowest BCUT2D eigenvalue weighted by molar-refractivity contribution is 0.0984. The largest absolute Gasteiger partial charge is 0.306 e. The van der Waals surface area contributed by atoms with Crippen molar-refractivity contribution in [3.63, 3.8) is 0 Å². The highest BCUT2D eigenvalue weighted by molar-refractivity contribution is 6.30. The Morgan fingerprint density at radius 3 is 3.12 bits per heavy atom. The smallest absolute Gasteiger partial charge is 0.280 e. The molecule has 0 atom stereocenters. The lowest BCUT2D eigenvalue weighted by Gasteiger charge is -2.15. The van der Waals surface area contributed by atoms with Crippen molar-refractivity contribution < 1.29 is 4.79 Å². The fraction of sp³-hybridized carbons (Fsp3) is 0.182. The molecule has 1 aromatic heterocycles. The number of aromatic nitrogens is 3. The summed E-state index contributed by atoms with van der Waals surface area (Å²) in [6.07, 6.45) is 2.32. The molecule has 0 radical (unpaired) electrons. The zero-order valence-corrected chi connectivity index (χ0v) is 9.61. The average molecular weight is 249 g/mol. The zero-order chi connectivity index (χ0) is 11.8. The predicted octanol–water partition coefficient (Wildman–Crippen LogP) is 1.66. The Balaban J connectivity index is 1.96. The van der Waals surface area contributed by atoms with E-state index in [1.165, 1.54) is 6.20 Å². The molecule has 1 N–H and O–H groups in total. The molecule has 5 nitrogen and oxygen atoms in total. The van der Waals surface area contributed by atoms with Crippen molar-refractivity contribution in [1.82, 2.24) is 15.4 Å². The number of H-pyrrole nitrogens is 1. The van der Waals surface area contributed by atoms with Gasteiger partial charge in [0.15, 0.2) is 5.69 Å². The minimum atomic E-state index is -0.139. The minimum absolute atomic E-state index is 0.139. The van der Waals surface area contributed by atoms with Gasteiger partial charge in [-0.25, -0.2) is 0 Å². The van der Waals surface area contributed by atoms with E-state index in [4.69, 9.17) is 11.6 Å². The molecule has 3 rings (SSSR count). The molecule has 0 saturated heterocycles. The van der Waals surface area contributed by atoms with Crippen molar-refractivity contribution in [2.75, 3.05) is 11.4 Å². The normalized spacial score (nSPS) is 13.8. The number of anilines is 1. The summed E-state index contributed by atoms with van der Waals surface area (Å²) in [6.45, 7) is 0.654. The van der Waals surface area contributed by atoms with Gasteiger partial charge in [-0.1, -0.05) is 16.8 Å². The maximum atomic E-state index is 12.1. The molecule has 1 aliphatic heterocycles. The number of aromatic amines is 1. The Labute approximate surface area is 102 Å². The molecule has 1 aromatic carbocycles. The van der Waals surface area contributed by atoms with Crippen LogP contribution in [0.5, 0.6) is 0 Å². The second-order valence-electron chi connectivity index (χ2n) is 3.84. The van der Waals surface area contributed by atoms with Gasteiger partial charge in [0.2, 0.25) is 0 Å². The van der Waals surface area contributed by atoms with Gasteiger partial charge in [0.25, 0.3) is 5.91 Å². The molecule has 1 aliphatic rings. The molecular formula is C11H9ClN4O. The van der Waals surface area contributed by atoms with Crippen molar-refractivity contribution >= 4 is 23.2 Å². The van der Waals surface area contributed by atoms with Crippen LogP contribution >= 0.6 is 11.6 Å². The Hall–Kier alpha value is -1.88. The Morgan fingerprint density at radius 2 is 2.35 bits per heavy atom. The molecule has 0 fully saturated rings.